The Kier molecular flexibility index (Phi) is 13.9. The molecule has 0 aliphatic carbocycles. The summed E-state index contributed by atoms with van der Waals surface area (Å²) in [5.41, 5.74) is 0.731. The summed E-state index contributed by atoms with van der Waals surface area (Å²) in [7, 11) is 1.65. The third-order valence-electron chi connectivity index (χ3n) is 3.20. The number of carbonyl (C=O) groups is 1. The van der Waals surface area contributed by atoms with Crippen molar-refractivity contribution in [2.45, 2.75) is 13.3 Å². The van der Waals surface area contributed by atoms with E-state index in [4.69, 9.17) is 4.74 Å². The minimum absolute atomic E-state index is 0. The summed E-state index contributed by atoms with van der Waals surface area (Å²) in [5, 5.41) is 2.12. The maximum absolute atomic E-state index is 12.1. The molecule has 0 heterocycles. The Morgan fingerprint density at radius 3 is 2.18 bits per heavy atom. The quantitative estimate of drug-likeness (QED) is 0.492. The van der Waals surface area contributed by atoms with Crippen LogP contribution in [0.3, 0.4) is 0 Å². The van der Waals surface area contributed by atoms with E-state index in [1.165, 1.54) is 0 Å². The molecule has 0 radical (unpaired) electrons. The molecule has 1 atom stereocenters. The van der Waals surface area contributed by atoms with Gasteiger partial charge in [0.05, 0.1) is 7.11 Å². The molecule has 2 nitrogen and oxygen atoms in total. The van der Waals surface area contributed by atoms with Crippen LogP contribution in [0.5, 0.6) is 5.75 Å². The fourth-order valence-corrected chi connectivity index (χ4v) is 1.93. The van der Waals surface area contributed by atoms with Crippen LogP contribution in [0, 0.1) is 35.1 Å². The monoisotopic (exact) mass is 309 g/mol. The molecule has 2 rings (SSSR count). The second-order valence-electron chi connectivity index (χ2n) is 4.40. The van der Waals surface area contributed by atoms with E-state index in [-0.39, 0.29) is 63.5 Å². The van der Waals surface area contributed by atoms with Gasteiger partial charge in [-0.3, -0.25) is 4.79 Å². The topological polar surface area (TPSA) is 26.3 Å². The first kappa shape index (κ1) is 26.1. The molecule has 0 fully saturated rings. The van der Waals surface area contributed by atoms with Crippen molar-refractivity contribution in [3.8, 4) is 5.75 Å². The summed E-state index contributed by atoms with van der Waals surface area (Å²) in [4.78, 5) is 12.1. The first-order chi connectivity index (χ1) is 8.65. The Labute approximate surface area is 158 Å². The van der Waals surface area contributed by atoms with Crippen LogP contribution in [0.15, 0.2) is 36.4 Å². The van der Waals surface area contributed by atoms with Crippen LogP contribution in [0.1, 0.15) is 23.7 Å². The van der Waals surface area contributed by atoms with Crippen molar-refractivity contribution in [3.63, 3.8) is 0 Å². The Bertz CT molecular complexity index is 579. The number of rotatable bonds is 4. The van der Waals surface area contributed by atoms with E-state index in [0.717, 1.165) is 28.5 Å². The predicted octanol–water partition coefficient (Wildman–Crippen LogP) is 2.25. The van der Waals surface area contributed by atoms with Gasteiger partial charge in [-0.25, -0.2) is 0 Å². The van der Waals surface area contributed by atoms with Gasteiger partial charge in [-0.05, 0) is 29.0 Å². The van der Waals surface area contributed by atoms with E-state index in [9.17, 15) is 4.79 Å². The van der Waals surface area contributed by atoms with Crippen LogP contribution in [0.25, 0.3) is 10.8 Å². The summed E-state index contributed by atoms with van der Waals surface area (Å²) in [6, 6.07) is 11.6. The van der Waals surface area contributed by atoms with Gasteiger partial charge >= 0.3 is 29.6 Å². The largest absolute Gasteiger partial charge is 1.00 e. The molecule has 1 unspecified atom stereocenters. The van der Waals surface area contributed by atoms with Crippen molar-refractivity contribution in [2.75, 3.05) is 7.11 Å². The second kappa shape index (κ2) is 11.7. The Hall–Kier alpha value is -0.830. The minimum atomic E-state index is -0.166. The SMILES string of the molecule is [CH2-]C(CC)C(=O)c1ccc2cc(OC)ccc2c1.[CH3-].[CH3-].[CH3-].[Na+]. The molecule has 0 spiro atoms. The third kappa shape index (κ3) is 5.75. The summed E-state index contributed by atoms with van der Waals surface area (Å²) in [6.07, 6.45) is 0.763. The van der Waals surface area contributed by atoms with Gasteiger partial charge in [0.15, 0.2) is 0 Å². The van der Waals surface area contributed by atoms with Crippen molar-refractivity contribution < 1.29 is 39.1 Å². The number of carbonyl (C=O) groups excluding carboxylic acids is 1. The van der Waals surface area contributed by atoms with Crippen molar-refractivity contribution in [1.82, 2.24) is 0 Å². The third-order valence-corrected chi connectivity index (χ3v) is 3.20. The molecule has 0 bridgehead atoms. The molecule has 0 saturated carbocycles. The molecule has 0 N–H and O–H groups in total. The van der Waals surface area contributed by atoms with Crippen LogP contribution in [0.2, 0.25) is 0 Å². The number of fused-ring (bicyclic) bond motifs is 1. The van der Waals surface area contributed by atoms with Gasteiger partial charge in [0.1, 0.15) is 11.5 Å². The molecular weight excluding hydrogens is 283 g/mol. The van der Waals surface area contributed by atoms with Crippen LogP contribution >= 0.6 is 0 Å². The maximum atomic E-state index is 12.1. The molecule has 118 valence electrons. The molecule has 3 heteroatoms. The summed E-state index contributed by atoms with van der Waals surface area (Å²) in [6.45, 7) is 5.84. The van der Waals surface area contributed by atoms with Crippen molar-refractivity contribution in [2.24, 2.45) is 5.92 Å². The first-order valence-corrected chi connectivity index (χ1v) is 6.10. The second-order valence-corrected chi connectivity index (χ2v) is 4.40. The average Bonchev–Trinajstić information content (AvgIpc) is 2.44. The van der Waals surface area contributed by atoms with E-state index >= 15 is 0 Å². The van der Waals surface area contributed by atoms with Crippen LogP contribution < -0.4 is 34.3 Å². The average molecular weight is 309 g/mol. The fraction of sp³-hybridized carbons (Fsp3) is 0.211. The van der Waals surface area contributed by atoms with Crippen molar-refractivity contribution >= 4 is 16.6 Å². The molecule has 2 aromatic rings. The fourth-order valence-electron chi connectivity index (χ4n) is 1.93. The predicted molar refractivity (Wildman–Crippen MR) is 93.2 cm³/mol. The number of hydrogen-bond donors (Lipinski definition) is 0. The zero-order valence-corrected chi connectivity index (χ0v) is 16.8. The molecular formula is C19H26NaO2-3. The normalized spacial score (nSPS) is 10.1. The Morgan fingerprint density at radius 2 is 1.64 bits per heavy atom. The van der Waals surface area contributed by atoms with Gasteiger partial charge in [-0.2, -0.15) is 0 Å². The molecule has 0 amide bonds. The zero-order valence-electron chi connectivity index (χ0n) is 14.8. The smallest absolute Gasteiger partial charge is 0.497 e. The van der Waals surface area contributed by atoms with Gasteiger partial charge < -0.3 is 33.9 Å². The zero-order chi connectivity index (χ0) is 13.1. The van der Waals surface area contributed by atoms with Gasteiger partial charge in [-0.1, -0.05) is 31.5 Å². The van der Waals surface area contributed by atoms with Gasteiger partial charge in [0.2, 0.25) is 0 Å². The van der Waals surface area contributed by atoms with Gasteiger partial charge in [0, 0.05) is 5.56 Å². The first-order valence-electron chi connectivity index (χ1n) is 6.10. The number of hydrogen-bond acceptors (Lipinski definition) is 2. The van der Waals surface area contributed by atoms with E-state index in [2.05, 4.69) is 6.92 Å². The number of methoxy groups -OCH3 is 1. The Balaban J connectivity index is -0.000000902. The summed E-state index contributed by atoms with van der Waals surface area (Å²) in [5.74, 6) is 0.765. The number of ether oxygens (including phenoxy) is 1. The van der Waals surface area contributed by atoms with Crippen molar-refractivity contribution in [3.05, 3.63) is 71.2 Å². The maximum Gasteiger partial charge on any atom is 1.00 e. The van der Waals surface area contributed by atoms with E-state index in [1.54, 1.807) is 7.11 Å². The summed E-state index contributed by atoms with van der Waals surface area (Å²) < 4.78 is 5.18. The number of benzene rings is 2. The van der Waals surface area contributed by atoms with E-state index in [0.29, 0.717) is 0 Å². The van der Waals surface area contributed by atoms with Gasteiger partial charge in [-0.15, -0.1) is 5.92 Å². The standard InChI is InChI=1S/C16H17O2.3CH3.Na/c1-4-11(2)16(17)14-6-5-13-10-15(18-3)8-7-12(13)9-14;;;;/h5-11H,2,4H2,1,3H3;3*1H3;/q4*-1;+1. The van der Waals surface area contributed by atoms with Gasteiger partial charge in [0.25, 0.3) is 0 Å². The molecule has 22 heavy (non-hydrogen) atoms. The van der Waals surface area contributed by atoms with Crippen LogP contribution in [-0.4, -0.2) is 12.9 Å². The summed E-state index contributed by atoms with van der Waals surface area (Å²) >= 11 is 0. The number of Topliss-reactive ketones (excluding diaryl/α,β-unsaturated/α-hetero) is 1. The minimum Gasteiger partial charge on any atom is -0.497 e. The molecule has 0 aromatic heterocycles. The Morgan fingerprint density at radius 1 is 1.09 bits per heavy atom. The molecule has 0 aliphatic rings. The van der Waals surface area contributed by atoms with Crippen molar-refractivity contribution in [1.29, 1.82) is 0 Å². The molecule has 0 saturated heterocycles. The molecule has 0 aliphatic heterocycles. The van der Waals surface area contributed by atoms with Crippen LogP contribution in [0.4, 0.5) is 0 Å². The number of ketones is 1. The van der Waals surface area contributed by atoms with Crippen LogP contribution in [-0.2, 0) is 0 Å². The van der Waals surface area contributed by atoms with E-state index < -0.39 is 0 Å². The molecule has 2 aromatic carbocycles. The van der Waals surface area contributed by atoms with E-state index in [1.807, 2.05) is 43.3 Å².